The first-order valence-corrected chi connectivity index (χ1v) is 7.70. The van der Waals surface area contributed by atoms with E-state index in [9.17, 15) is 14.9 Å². The van der Waals surface area contributed by atoms with Gasteiger partial charge in [-0.3, -0.25) is 10.1 Å². The summed E-state index contributed by atoms with van der Waals surface area (Å²) in [6, 6.07) is 12.4. The molecule has 2 aromatic carbocycles. The van der Waals surface area contributed by atoms with Crippen LogP contribution >= 0.6 is 0 Å². The fourth-order valence-electron chi connectivity index (χ4n) is 2.39. The molecule has 0 fully saturated rings. The van der Waals surface area contributed by atoms with Gasteiger partial charge in [0, 0.05) is 5.56 Å². The van der Waals surface area contributed by atoms with E-state index in [4.69, 9.17) is 4.74 Å². The van der Waals surface area contributed by atoms with E-state index in [0.717, 1.165) is 5.56 Å². The Hall–Kier alpha value is -2.69. The average Bonchev–Trinajstić information content (AvgIpc) is 2.51. The summed E-state index contributed by atoms with van der Waals surface area (Å²) in [5.41, 5.74) is 2.29. The lowest BCUT2D eigenvalue weighted by Crippen LogP contribution is -2.11. The van der Waals surface area contributed by atoms with Gasteiger partial charge in [0.25, 0.3) is 5.69 Å². The number of nitro groups is 1. The highest BCUT2D eigenvalue weighted by atomic mass is 16.6. The van der Waals surface area contributed by atoms with E-state index in [1.807, 2.05) is 24.3 Å². The lowest BCUT2D eigenvalue weighted by atomic mass is 9.87. The predicted molar refractivity (Wildman–Crippen MR) is 92.1 cm³/mol. The molecule has 0 amide bonds. The number of aryl methyl sites for hydroxylation is 1. The molecule has 0 radical (unpaired) electrons. The smallest absolute Gasteiger partial charge is 0.345 e. The summed E-state index contributed by atoms with van der Waals surface area (Å²) in [5, 5.41) is 11.2. The molecule has 5 nitrogen and oxygen atoms in total. The molecule has 24 heavy (non-hydrogen) atoms. The third-order valence-electron chi connectivity index (χ3n) is 3.83. The van der Waals surface area contributed by atoms with Gasteiger partial charge >= 0.3 is 5.97 Å². The minimum atomic E-state index is -0.690. The van der Waals surface area contributed by atoms with Crippen molar-refractivity contribution < 1.29 is 14.5 Å². The predicted octanol–water partition coefficient (Wildman–Crippen LogP) is 4.56. The maximum atomic E-state index is 12.2. The maximum absolute atomic E-state index is 12.2. The molecule has 0 bridgehead atoms. The van der Waals surface area contributed by atoms with Crippen LogP contribution in [-0.2, 0) is 16.8 Å². The fourth-order valence-corrected chi connectivity index (χ4v) is 2.39. The highest BCUT2D eigenvalue weighted by Gasteiger charge is 2.23. The molecule has 0 saturated heterocycles. The van der Waals surface area contributed by atoms with E-state index in [2.05, 4.69) is 20.8 Å². The number of hydrogen-bond donors (Lipinski definition) is 0. The number of para-hydroxylation sites is 1. The van der Waals surface area contributed by atoms with Gasteiger partial charge in [0.05, 0.1) is 4.92 Å². The Morgan fingerprint density at radius 1 is 1.12 bits per heavy atom. The van der Waals surface area contributed by atoms with E-state index in [-0.39, 0.29) is 23.3 Å². The van der Waals surface area contributed by atoms with Crippen LogP contribution in [0.15, 0.2) is 42.5 Å². The van der Waals surface area contributed by atoms with Gasteiger partial charge < -0.3 is 4.74 Å². The number of rotatable bonds is 4. The number of carbonyl (C=O) groups excluding carboxylic acids is 1. The van der Waals surface area contributed by atoms with Crippen LogP contribution in [0.5, 0.6) is 0 Å². The number of benzene rings is 2. The van der Waals surface area contributed by atoms with Crippen molar-refractivity contribution in [2.75, 3.05) is 0 Å². The molecule has 2 rings (SSSR count). The molecule has 0 heterocycles. The molecule has 0 aliphatic heterocycles. The van der Waals surface area contributed by atoms with Crippen molar-refractivity contribution in [1.82, 2.24) is 0 Å². The Labute approximate surface area is 141 Å². The van der Waals surface area contributed by atoms with Crippen molar-refractivity contribution in [2.24, 2.45) is 0 Å². The number of nitro benzene ring substituents is 1. The molecule has 0 aliphatic carbocycles. The van der Waals surface area contributed by atoms with E-state index in [0.29, 0.717) is 5.56 Å². The Morgan fingerprint density at radius 3 is 2.29 bits per heavy atom. The SMILES string of the molecule is Cc1cccc(C(=O)OCc2ccc(C(C)(C)C)cc2)c1[N+](=O)[O-]. The van der Waals surface area contributed by atoms with Crippen LogP contribution in [0.4, 0.5) is 5.69 Å². The minimum Gasteiger partial charge on any atom is -0.457 e. The van der Waals surface area contributed by atoms with Crippen LogP contribution in [-0.4, -0.2) is 10.9 Å². The van der Waals surface area contributed by atoms with Crippen LogP contribution in [0.1, 0.15) is 47.8 Å². The standard InChI is InChI=1S/C19H21NO4/c1-13-6-5-7-16(17(13)20(22)23)18(21)24-12-14-8-10-15(11-9-14)19(2,3)4/h5-11H,12H2,1-4H3. The molecule has 5 heteroatoms. The second-order valence-corrected chi connectivity index (χ2v) is 6.75. The normalized spacial score (nSPS) is 11.2. The van der Waals surface area contributed by atoms with Crippen LogP contribution in [0.3, 0.4) is 0 Å². The Kier molecular flexibility index (Phi) is 5.02. The van der Waals surface area contributed by atoms with Crippen molar-refractivity contribution in [1.29, 1.82) is 0 Å². The fraction of sp³-hybridized carbons (Fsp3) is 0.316. The summed E-state index contributed by atoms with van der Waals surface area (Å²) in [6.45, 7) is 8.05. The van der Waals surface area contributed by atoms with Gasteiger partial charge in [-0.2, -0.15) is 0 Å². The van der Waals surface area contributed by atoms with Crippen LogP contribution in [0.2, 0.25) is 0 Å². The molecule has 0 N–H and O–H groups in total. The van der Waals surface area contributed by atoms with Gasteiger partial charge in [-0.25, -0.2) is 4.79 Å². The zero-order chi connectivity index (χ0) is 17.9. The van der Waals surface area contributed by atoms with Crippen molar-refractivity contribution in [2.45, 2.75) is 39.7 Å². The first kappa shape index (κ1) is 17.7. The van der Waals surface area contributed by atoms with Crippen molar-refractivity contribution >= 4 is 11.7 Å². The van der Waals surface area contributed by atoms with Crippen LogP contribution in [0.25, 0.3) is 0 Å². The maximum Gasteiger partial charge on any atom is 0.345 e. The van der Waals surface area contributed by atoms with Gasteiger partial charge in [0.2, 0.25) is 0 Å². The molecule has 0 atom stereocenters. The van der Waals surface area contributed by atoms with Crippen LogP contribution < -0.4 is 0 Å². The summed E-state index contributed by atoms with van der Waals surface area (Å²) in [4.78, 5) is 22.8. The van der Waals surface area contributed by atoms with Gasteiger partial charge in [-0.1, -0.05) is 57.2 Å². The number of nitrogens with zero attached hydrogens (tertiary/aromatic N) is 1. The second-order valence-electron chi connectivity index (χ2n) is 6.75. The molecule has 0 unspecified atom stereocenters. The summed E-state index contributed by atoms with van der Waals surface area (Å²) in [6.07, 6.45) is 0. The summed E-state index contributed by atoms with van der Waals surface area (Å²) >= 11 is 0. The van der Waals surface area contributed by atoms with Gasteiger partial charge in [0.1, 0.15) is 12.2 Å². The van der Waals surface area contributed by atoms with Crippen molar-refractivity contribution in [3.05, 3.63) is 74.8 Å². The topological polar surface area (TPSA) is 69.4 Å². The number of esters is 1. The molecular formula is C19H21NO4. The third kappa shape index (κ3) is 3.98. The molecule has 0 saturated carbocycles. The molecular weight excluding hydrogens is 306 g/mol. The zero-order valence-corrected chi connectivity index (χ0v) is 14.3. The first-order valence-electron chi connectivity index (χ1n) is 7.70. The van der Waals surface area contributed by atoms with E-state index >= 15 is 0 Å². The van der Waals surface area contributed by atoms with E-state index < -0.39 is 10.9 Å². The number of carbonyl (C=O) groups is 1. The molecule has 2 aromatic rings. The van der Waals surface area contributed by atoms with Gasteiger partial charge in [-0.05, 0) is 29.5 Å². The molecule has 0 spiro atoms. The Bertz CT molecular complexity index is 758. The highest BCUT2D eigenvalue weighted by molar-refractivity contribution is 5.94. The largest absolute Gasteiger partial charge is 0.457 e. The van der Waals surface area contributed by atoms with Crippen LogP contribution in [0, 0.1) is 17.0 Å². The van der Waals surface area contributed by atoms with E-state index in [1.165, 1.54) is 11.6 Å². The summed E-state index contributed by atoms with van der Waals surface area (Å²) < 4.78 is 5.24. The van der Waals surface area contributed by atoms with Gasteiger partial charge in [0.15, 0.2) is 0 Å². The number of hydrogen-bond acceptors (Lipinski definition) is 4. The molecule has 0 aromatic heterocycles. The minimum absolute atomic E-state index is 0.0219. The quantitative estimate of drug-likeness (QED) is 0.469. The summed E-state index contributed by atoms with van der Waals surface area (Å²) in [5.74, 6) is -0.690. The number of ether oxygens (including phenoxy) is 1. The van der Waals surface area contributed by atoms with Crippen molar-refractivity contribution in [3.8, 4) is 0 Å². The molecule has 0 aliphatic rings. The monoisotopic (exact) mass is 327 g/mol. The Morgan fingerprint density at radius 2 is 1.75 bits per heavy atom. The lowest BCUT2D eigenvalue weighted by Gasteiger charge is -2.19. The lowest BCUT2D eigenvalue weighted by molar-refractivity contribution is -0.385. The highest BCUT2D eigenvalue weighted by Crippen LogP contribution is 2.25. The first-order chi connectivity index (χ1) is 11.2. The zero-order valence-electron chi connectivity index (χ0n) is 14.3. The van der Waals surface area contributed by atoms with Gasteiger partial charge in [-0.15, -0.1) is 0 Å². The van der Waals surface area contributed by atoms with Crippen molar-refractivity contribution in [3.63, 3.8) is 0 Å². The third-order valence-corrected chi connectivity index (χ3v) is 3.83. The average molecular weight is 327 g/mol. The summed E-state index contributed by atoms with van der Waals surface area (Å²) in [7, 11) is 0. The van der Waals surface area contributed by atoms with E-state index in [1.54, 1.807) is 19.1 Å². The molecule has 126 valence electrons. The second kappa shape index (κ2) is 6.83. The Balaban J connectivity index is 2.12.